The Kier molecular flexibility index (Phi) is 3.98. The maximum Gasteiger partial charge on any atom is 0.163 e. The highest BCUT2D eigenvalue weighted by molar-refractivity contribution is 5.90. The van der Waals surface area contributed by atoms with Crippen LogP contribution in [-0.2, 0) is 0 Å². The highest BCUT2D eigenvalue weighted by atomic mass is 16.3. The molecule has 28 heavy (non-hydrogen) atoms. The molecule has 0 bridgehead atoms. The first-order chi connectivity index (χ1) is 13.8. The number of fused-ring (bicyclic) bond motifs is 2. The molecule has 5 rings (SSSR count). The Balaban J connectivity index is 1.57. The van der Waals surface area contributed by atoms with E-state index in [0.29, 0.717) is 5.82 Å². The maximum absolute atomic E-state index is 6.01. The number of pyridine rings is 1. The van der Waals surface area contributed by atoms with Crippen LogP contribution in [0.2, 0.25) is 0 Å². The van der Waals surface area contributed by atoms with Gasteiger partial charge in [-0.05, 0) is 43.3 Å². The summed E-state index contributed by atoms with van der Waals surface area (Å²) in [5.74, 6) is 2.29. The fraction of sp³-hybridized carbons (Fsp3) is 0.0870. The number of anilines is 1. The van der Waals surface area contributed by atoms with Crippen LogP contribution in [-0.4, -0.2) is 15.0 Å². The monoisotopic (exact) mass is 366 g/mol. The summed E-state index contributed by atoms with van der Waals surface area (Å²) >= 11 is 0. The SMILES string of the molecule is C[C@H](Nc1nc(-c2cccnc2)nc2ccccc12)c1cc2ccccc2o1. The second kappa shape index (κ2) is 6.78. The molecular formula is C23H18N4O. The van der Waals surface area contributed by atoms with Gasteiger partial charge in [0.05, 0.1) is 11.6 Å². The molecule has 0 aliphatic rings. The third-order valence-corrected chi connectivity index (χ3v) is 4.75. The first-order valence-corrected chi connectivity index (χ1v) is 9.20. The maximum atomic E-state index is 6.01. The van der Waals surface area contributed by atoms with Crippen molar-refractivity contribution >= 4 is 27.7 Å². The minimum absolute atomic E-state index is 0.0487. The number of hydrogen-bond donors (Lipinski definition) is 1. The van der Waals surface area contributed by atoms with Gasteiger partial charge in [0.1, 0.15) is 17.2 Å². The average Bonchev–Trinajstić information content (AvgIpc) is 3.19. The number of nitrogens with zero attached hydrogens (tertiary/aromatic N) is 3. The highest BCUT2D eigenvalue weighted by Gasteiger charge is 2.15. The minimum atomic E-state index is -0.0487. The third-order valence-electron chi connectivity index (χ3n) is 4.75. The van der Waals surface area contributed by atoms with Crippen LogP contribution in [0.1, 0.15) is 18.7 Å². The van der Waals surface area contributed by atoms with Crippen molar-refractivity contribution < 1.29 is 4.42 Å². The quantitative estimate of drug-likeness (QED) is 0.448. The third kappa shape index (κ3) is 2.97. The lowest BCUT2D eigenvalue weighted by atomic mass is 10.2. The molecule has 2 aromatic carbocycles. The van der Waals surface area contributed by atoms with Crippen LogP contribution in [0.5, 0.6) is 0 Å². The van der Waals surface area contributed by atoms with Gasteiger partial charge in [-0.1, -0.05) is 30.3 Å². The van der Waals surface area contributed by atoms with E-state index in [9.17, 15) is 0 Å². The van der Waals surface area contributed by atoms with Crippen molar-refractivity contribution in [2.24, 2.45) is 0 Å². The van der Waals surface area contributed by atoms with E-state index in [-0.39, 0.29) is 6.04 Å². The molecule has 5 aromatic rings. The van der Waals surface area contributed by atoms with E-state index in [0.717, 1.165) is 39.0 Å². The Morgan fingerprint density at radius 3 is 2.64 bits per heavy atom. The average molecular weight is 366 g/mol. The summed E-state index contributed by atoms with van der Waals surface area (Å²) in [5, 5.41) is 5.57. The van der Waals surface area contributed by atoms with Crippen LogP contribution in [0.3, 0.4) is 0 Å². The summed E-state index contributed by atoms with van der Waals surface area (Å²) in [6.45, 7) is 2.07. The Hall–Kier alpha value is -3.73. The lowest BCUT2D eigenvalue weighted by Crippen LogP contribution is -2.08. The van der Waals surface area contributed by atoms with Gasteiger partial charge in [0.15, 0.2) is 5.82 Å². The van der Waals surface area contributed by atoms with Crippen LogP contribution in [0.4, 0.5) is 5.82 Å². The van der Waals surface area contributed by atoms with Gasteiger partial charge in [-0.15, -0.1) is 0 Å². The molecule has 0 radical (unpaired) electrons. The van der Waals surface area contributed by atoms with Crippen LogP contribution < -0.4 is 5.32 Å². The van der Waals surface area contributed by atoms with Crippen molar-refractivity contribution in [1.82, 2.24) is 15.0 Å². The van der Waals surface area contributed by atoms with Gasteiger partial charge in [0, 0.05) is 28.7 Å². The molecule has 1 atom stereocenters. The van der Waals surface area contributed by atoms with E-state index in [1.807, 2.05) is 54.6 Å². The predicted molar refractivity (Wildman–Crippen MR) is 111 cm³/mol. The molecule has 136 valence electrons. The lowest BCUT2D eigenvalue weighted by molar-refractivity contribution is 0.526. The Morgan fingerprint density at radius 2 is 1.79 bits per heavy atom. The van der Waals surface area contributed by atoms with Gasteiger partial charge in [-0.2, -0.15) is 0 Å². The molecule has 0 unspecified atom stereocenters. The molecule has 0 fully saturated rings. The van der Waals surface area contributed by atoms with Gasteiger partial charge in [0.2, 0.25) is 0 Å². The molecule has 0 amide bonds. The van der Waals surface area contributed by atoms with Crippen LogP contribution >= 0.6 is 0 Å². The number of furan rings is 1. The highest BCUT2D eigenvalue weighted by Crippen LogP contribution is 2.29. The Labute approximate surface area is 162 Å². The van der Waals surface area contributed by atoms with Crippen molar-refractivity contribution in [3.63, 3.8) is 0 Å². The van der Waals surface area contributed by atoms with Crippen molar-refractivity contribution in [3.8, 4) is 11.4 Å². The molecule has 0 aliphatic carbocycles. The zero-order valence-electron chi connectivity index (χ0n) is 15.3. The van der Waals surface area contributed by atoms with E-state index in [2.05, 4.69) is 29.4 Å². The van der Waals surface area contributed by atoms with E-state index < -0.39 is 0 Å². The molecule has 0 saturated heterocycles. The molecule has 3 heterocycles. The number of aromatic nitrogens is 3. The van der Waals surface area contributed by atoms with E-state index >= 15 is 0 Å². The van der Waals surface area contributed by atoms with Crippen LogP contribution in [0, 0.1) is 0 Å². The second-order valence-corrected chi connectivity index (χ2v) is 6.71. The summed E-state index contributed by atoms with van der Waals surface area (Å²) in [7, 11) is 0. The lowest BCUT2D eigenvalue weighted by Gasteiger charge is -2.15. The summed E-state index contributed by atoms with van der Waals surface area (Å²) in [5.41, 5.74) is 2.65. The van der Waals surface area contributed by atoms with E-state index in [4.69, 9.17) is 14.4 Å². The van der Waals surface area contributed by atoms with E-state index in [1.165, 1.54) is 0 Å². The van der Waals surface area contributed by atoms with Crippen molar-refractivity contribution in [3.05, 3.63) is 84.9 Å². The van der Waals surface area contributed by atoms with Gasteiger partial charge < -0.3 is 9.73 Å². The zero-order valence-corrected chi connectivity index (χ0v) is 15.3. The molecular weight excluding hydrogens is 348 g/mol. The molecule has 1 N–H and O–H groups in total. The van der Waals surface area contributed by atoms with Crippen molar-refractivity contribution in [2.75, 3.05) is 5.32 Å². The first-order valence-electron chi connectivity index (χ1n) is 9.20. The van der Waals surface area contributed by atoms with Gasteiger partial charge >= 0.3 is 0 Å². The number of para-hydroxylation sites is 2. The van der Waals surface area contributed by atoms with Gasteiger partial charge in [-0.3, -0.25) is 4.98 Å². The smallest absolute Gasteiger partial charge is 0.163 e. The van der Waals surface area contributed by atoms with Gasteiger partial charge in [0.25, 0.3) is 0 Å². The summed E-state index contributed by atoms with van der Waals surface area (Å²) in [4.78, 5) is 13.7. The number of rotatable bonds is 4. The minimum Gasteiger partial charge on any atom is -0.459 e. The van der Waals surface area contributed by atoms with Crippen molar-refractivity contribution in [2.45, 2.75) is 13.0 Å². The molecule has 5 nitrogen and oxygen atoms in total. The Bertz CT molecular complexity index is 1230. The largest absolute Gasteiger partial charge is 0.459 e. The fourth-order valence-corrected chi connectivity index (χ4v) is 3.30. The Morgan fingerprint density at radius 1 is 0.929 bits per heavy atom. The number of hydrogen-bond acceptors (Lipinski definition) is 5. The number of nitrogens with one attached hydrogen (secondary N) is 1. The normalized spacial score (nSPS) is 12.3. The first kappa shape index (κ1) is 16.4. The predicted octanol–water partition coefficient (Wildman–Crippen LogP) is 5.61. The standard InChI is InChI=1S/C23H18N4O/c1-15(21-13-16-7-2-5-11-20(16)28-21)25-23-18-9-3-4-10-19(18)26-22(27-23)17-8-6-12-24-14-17/h2-15H,1H3,(H,25,26,27)/t15-/m0/s1. The van der Waals surface area contributed by atoms with Crippen LogP contribution in [0.15, 0.2) is 83.5 Å². The second-order valence-electron chi connectivity index (χ2n) is 6.71. The fourth-order valence-electron chi connectivity index (χ4n) is 3.30. The van der Waals surface area contributed by atoms with Crippen molar-refractivity contribution in [1.29, 1.82) is 0 Å². The molecule has 3 aromatic heterocycles. The summed E-state index contributed by atoms with van der Waals surface area (Å²) < 4.78 is 6.01. The number of benzene rings is 2. The van der Waals surface area contributed by atoms with Gasteiger partial charge in [-0.25, -0.2) is 9.97 Å². The molecule has 0 saturated carbocycles. The molecule has 0 spiro atoms. The summed E-state index contributed by atoms with van der Waals surface area (Å²) in [6.07, 6.45) is 3.52. The topological polar surface area (TPSA) is 63.8 Å². The summed E-state index contributed by atoms with van der Waals surface area (Å²) in [6, 6.07) is 21.9. The molecule has 5 heteroatoms. The molecule has 0 aliphatic heterocycles. The van der Waals surface area contributed by atoms with E-state index in [1.54, 1.807) is 12.4 Å². The zero-order chi connectivity index (χ0) is 18.9. The van der Waals surface area contributed by atoms with Crippen LogP contribution in [0.25, 0.3) is 33.3 Å².